The minimum atomic E-state index is 0.921. The molecule has 3 heteroatoms. The van der Waals surface area contributed by atoms with Crippen molar-refractivity contribution in [3.8, 4) is 0 Å². The van der Waals surface area contributed by atoms with E-state index in [1.165, 1.54) is 24.8 Å². The maximum Gasteiger partial charge on any atom is 0.0538 e. The summed E-state index contributed by atoms with van der Waals surface area (Å²) in [6, 6.07) is 0. The van der Waals surface area contributed by atoms with E-state index in [2.05, 4.69) is 17.0 Å². The van der Waals surface area contributed by atoms with Gasteiger partial charge in [0.25, 0.3) is 0 Å². The highest BCUT2D eigenvalue weighted by Crippen LogP contribution is 2.25. The maximum atomic E-state index is 4.13. The lowest BCUT2D eigenvalue weighted by atomic mass is 9.85. The molecule has 1 aliphatic carbocycles. The van der Waals surface area contributed by atoms with Crippen LogP contribution in [0.5, 0.6) is 0 Å². The van der Waals surface area contributed by atoms with Crippen molar-refractivity contribution in [2.75, 3.05) is 6.54 Å². The summed E-state index contributed by atoms with van der Waals surface area (Å²) in [5.74, 6) is 0.921. The highest BCUT2D eigenvalue weighted by atomic mass is 15.2. The summed E-state index contributed by atoms with van der Waals surface area (Å²) in [5, 5.41) is 7.58. The monoisotopic (exact) mass is 191 g/mol. The molecule has 14 heavy (non-hydrogen) atoms. The summed E-state index contributed by atoms with van der Waals surface area (Å²) in [7, 11) is 0. The number of aromatic nitrogens is 2. The number of nitrogens with one attached hydrogen (secondary N) is 1. The summed E-state index contributed by atoms with van der Waals surface area (Å²) in [6.45, 7) is 5.73. The number of hydrogen-bond donors (Lipinski definition) is 1. The molecule has 1 aromatic heterocycles. The third-order valence-electron chi connectivity index (χ3n) is 2.83. The second kappa shape index (κ2) is 4.42. The highest BCUT2D eigenvalue weighted by molar-refractivity contribution is 5.17. The quantitative estimate of drug-likeness (QED) is 0.770. The van der Waals surface area contributed by atoms with E-state index in [1.807, 2.05) is 12.4 Å². The fraction of sp³-hybridized carbons (Fsp3) is 0.545. The van der Waals surface area contributed by atoms with E-state index >= 15 is 0 Å². The molecule has 1 fully saturated rings. The average Bonchev–Trinajstić information content (AvgIpc) is 2.57. The van der Waals surface area contributed by atoms with Crippen LogP contribution < -0.4 is 5.32 Å². The molecule has 1 N–H and O–H groups in total. The van der Waals surface area contributed by atoms with Crippen LogP contribution in [-0.2, 0) is 6.54 Å². The lowest BCUT2D eigenvalue weighted by Gasteiger charge is -2.25. The van der Waals surface area contributed by atoms with Crippen molar-refractivity contribution in [1.29, 1.82) is 0 Å². The molecule has 0 aromatic carbocycles. The minimum Gasteiger partial charge on any atom is -0.312 e. The molecule has 0 saturated heterocycles. The predicted octanol–water partition coefficient (Wildman–Crippen LogP) is 1.87. The molecule has 1 aliphatic rings. The lowest BCUT2D eigenvalue weighted by Crippen LogP contribution is -2.26. The Morgan fingerprint density at radius 1 is 1.64 bits per heavy atom. The second-order valence-electron chi connectivity index (χ2n) is 3.94. The first-order valence-electron chi connectivity index (χ1n) is 5.25. The summed E-state index contributed by atoms with van der Waals surface area (Å²) < 4.78 is 1.74. The van der Waals surface area contributed by atoms with Crippen LogP contribution in [0.1, 0.15) is 24.8 Å². The number of rotatable bonds is 5. The first-order valence-corrected chi connectivity index (χ1v) is 5.25. The molecule has 1 aromatic rings. The molecular weight excluding hydrogens is 174 g/mol. The third-order valence-corrected chi connectivity index (χ3v) is 2.83. The van der Waals surface area contributed by atoms with Crippen LogP contribution in [-0.4, -0.2) is 16.3 Å². The molecule has 2 rings (SSSR count). The molecule has 0 unspecified atom stereocenters. The Bertz CT molecular complexity index is 299. The van der Waals surface area contributed by atoms with E-state index in [4.69, 9.17) is 0 Å². The molecule has 0 amide bonds. The van der Waals surface area contributed by atoms with Crippen molar-refractivity contribution >= 4 is 6.20 Å². The van der Waals surface area contributed by atoms with Crippen molar-refractivity contribution in [2.45, 2.75) is 25.8 Å². The Morgan fingerprint density at radius 3 is 3.07 bits per heavy atom. The smallest absolute Gasteiger partial charge is 0.0538 e. The van der Waals surface area contributed by atoms with Crippen LogP contribution >= 0.6 is 0 Å². The van der Waals surface area contributed by atoms with Gasteiger partial charge in [-0.15, -0.1) is 0 Å². The van der Waals surface area contributed by atoms with Gasteiger partial charge in [-0.1, -0.05) is 13.0 Å². The number of hydrogen-bond acceptors (Lipinski definition) is 2. The van der Waals surface area contributed by atoms with E-state index in [0.29, 0.717) is 0 Å². The summed E-state index contributed by atoms with van der Waals surface area (Å²) >= 11 is 0. The van der Waals surface area contributed by atoms with Gasteiger partial charge in [0.15, 0.2) is 0 Å². The summed E-state index contributed by atoms with van der Waals surface area (Å²) in [4.78, 5) is 0. The van der Waals surface area contributed by atoms with Gasteiger partial charge in [0.05, 0.1) is 6.20 Å². The van der Waals surface area contributed by atoms with Gasteiger partial charge in [-0.3, -0.25) is 0 Å². The second-order valence-corrected chi connectivity index (χ2v) is 3.94. The summed E-state index contributed by atoms with van der Waals surface area (Å²) in [6.07, 6.45) is 9.81. The largest absolute Gasteiger partial charge is 0.312 e. The topological polar surface area (TPSA) is 29.9 Å². The zero-order valence-electron chi connectivity index (χ0n) is 8.45. The minimum absolute atomic E-state index is 0.921. The van der Waals surface area contributed by atoms with Crippen molar-refractivity contribution in [3.05, 3.63) is 24.5 Å². The van der Waals surface area contributed by atoms with Gasteiger partial charge in [0.2, 0.25) is 0 Å². The van der Waals surface area contributed by atoms with E-state index in [0.717, 1.165) is 19.0 Å². The zero-order valence-corrected chi connectivity index (χ0v) is 8.45. The fourth-order valence-electron chi connectivity index (χ4n) is 1.69. The Labute approximate surface area is 84.8 Å². The Morgan fingerprint density at radius 2 is 2.50 bits per heavy atom. The Kier molecular flexibility index (Phi) is 2.99. The molecule has 0 atom stereocenters. The van der Waals surface area contributed by atoms with Crippen molar-refractivity contribution < 1.29 is 0 Å². The van der Waals surface area contributed by atoms with Crippen LogP contribution in [0.4, 0.5) is 0 Å². The number of nitrogens with zero attached hydrogens (tertiary/aromatic N) is 2. The van der Waals surface area contributed by atoms with E-state index in [9.17, 15) is 0 Å². The molecule has 0 aliphatic heterocycles. The third kappa shape index (κ3) is 2.23. The van der Waals surface area contributed by atoms with Gasteiger partial charge in [-0.25, -0.2) is 4.68 Å². The first kappa shape index (κ1) is 9.46. The fourth-order valence-corrected chi connectivity index (χ4v) is 1.69. The van der Waals surface area contributed by atoms with E-state index in [1.54, 1.807) is 10.9 Å². The maximum absolute atomic E-state index is 4.13. The molecule has 1 heterocycles. The SMILES string of the molecule is C=Cn1cc(CNCC2CCC2)cn1. The van der Waals surface area contributed by atoms with Crippen LogP contribution in [0.3, 0.4) is 0 Å². The van der Waals surface area contributed by atoms with E-state index in [-0.39, 0.29) is 0 Å². The highest BCUT2D eigenvalue weighted by Gasteiger charge is 2.16. The Balaban J connectivity index is 1.71. The normalized spacial score (nSPS) is 16.6. The molecule has 1 saturated carbocycles. The summed E-state index contributed by atoms with van der Waals surface area (Å²) in [5.41, 5.74) is 1.23. The zero-order chi connectivity index (χ0) is 9.80. The van der Waals surface area contributed by atoms with Crippen molar-refractivity contribution in [3.63, 3.8) is 0 Å². The van der Waals surface area contributed by atoms with Crippen LogP contribution in [0.2, 0.25) is 0 Å². The van der Waals surface area contributed by atoms with Crippen LogP contribution in [0, 0.1) is 5.92 Å². The van der Waals surface area contributed by atoms with Gasteiger partial charge < -0.3 is 5.32 Å². The lowest BCUT2D eigenvalue weighted by molar-refractivity contribution is 0.301. The first-order chi connectivity index (χ1) is 6.88. The molecule has 0 radical (unpaired) electrons. The molecule has 0 spiro atoms. The Hall–Kier alpha value is -1.09. The van der Waals surface area contributed by atoms with Gasteiger partial charge in [0.1, 0.15) is 0 Å². The van der Waals surface area contributed by atoms with Crippen LogP contribution in [0.15, 0.2) is 19.0 Å². The average molecular weight is 191 g/mol. The molecule has 0 bridgehead atoms. The van der Waals surface area contributed by atoms with E-state index < -0.39 is 0 Å². The van der Waals surface area contributed by atoms with Crippen molar-refractivity contribution in [2.24, 2.45) is 5.92 Å². The van der Waals surface area contributed by atoms with Crippen LogP contribution in [0.25, 0.3) is 6.20 Å². The molecule has 3 nitrogen and oxygen atoms in total. The van der Waals surface area contributed by atoms with Gasteiger partial charge in [-0.05, 0) is 25.3 Å². The predicted molar refractivity (Wildman–Crippen MR) is 57.7 cm³/mol. The van der Waals surface area contributed by atoms with Gasteiger partial charge in [-0.2, -0.15) is 5.10 Å². The van der Waals surface area contributed by atoms with Crippen molar-refractivity contribution in [1.82, 2.24) is 15.1 Å². The van der Waals surface area contributed by atoms with Gasteiger partial charge in [0, 0.05) is 24.5 Å². The molecular formula is C11H17N3. The standard InChI is InChI=1S/C11H17N3/c1-2-14-9-11(8-13-14)7-12-6-10-4-3-5-10/h2,8-10,12H,1,3-7H2. The van der Waals surface area contributed by atoms with Gasteiger partial charge >= 0.3 is 0 Å². The molecule has 76 valence electrons.